The van der Waals surface area contributed by atoms with E-state index in [9.17, 15) is 9.59 Å². The van der Waals surface area contributed by atoms with Gasteiger partial charge in [-0.15, -0.1) is 0 Å². The predicted octanol–water partition coefficient (Wildman–Crippen LogP) is 3.07. The van der Waals surface area contributed by atoms with Crippen molar-refractivity contribution < 1.29 is 9.59 Å². The molecule has 0 fully saturated rings. The third-order valence-corrected chi connectivity index (χ3v) is 4.04. The second-order valence-corrected chi connectivity index (χ2v) is 7.17. The van der Waals surface area contributed by atoms with Crippen LogP contribution < -0.4 is 0 Å². The van der Waals surface area contributed by atoms with Crippen molar-refractivity contribution in [2.24, 2.45) is 21.8 Å². The van der Waals surface area contributed by atoms with Gasteiger partial charge in [0, 0.05) is 49.7 Å². The second kappa shape index (κ2) is 12.1. The fraction of sp³-hybridized carbons (Fsp3) is 0.789. The Kier molecular flexibility index (Phi) is 11.4. The molecule has 0 saturated carbocycles. The van der Waals surface area contributed by atoms with Crippen molar-refractivity contribution in [3.05, 3.63) is 0 Å². The van der Waals surface area contributed by atoms with Gasteiger partial charge in [-0.25, -0.2) is 0 Å². The van der Waals surface area contributed by atoms with Crippen LogP contribution in [-0.4, -0.2) is 61.1 Å². The first-order chi connectivity index (χ1) is 11.1. The normalized spacial score (nSPS) is 15.1. The molecule has 138 valence electrons. The van der Waals surface area contributed by atoms with Crippen molar-refractivity contribution >= 4 is 24.0 Å². The Hall–Kier alpha value is -1.36. The van der Waals surface area contributed by atoms with Gasteiger partial charge in [-0.2, -0.15) is 0 Å². The topological polar surface area (TPSA) is 62.1 Å². The number of carbonyl (C=O) groups excluding carboxylic acids is 2. The lowest BCUT2D eigenvalue weighted by Crippen LogP contribution is -2.36. The number of carbonyl (C=O) groups is 2. The molecule has 0 amide bonds. The number of nitrogens with zero attached hydrogens (tertiary/aromatic N) is 3. The van der Waals surface area contributed by atoms with Gasteiger partial charge in [-0.05, 0) is 20.9 Å². The molecule has 0 aliphatic carbocycles. The first kappa shape index (κ1) is 22.6. The van der Waals surface area contributed by atoms with E-state index < -0.39 is 0 Å². The Morgan fingerprint density at radius 1 is 0.917 bits per heavy atom. The van der Waals surface area contributed by atoms with Crippen LogP contribution in [0.2, 0.25) is 0 Å². The monoisotopic (exact) mass is 337 g/mol. The zero-order valence-corrected chi connectivity index (χ0v) is 16.5. The maximum atomic E-state index is 11.5. The van der Waals surface area contributed by atoms with Crippen LogP contribution in [0.4, 0.5) is 0 Å². The van der Waals surface area contributed by atoms with Gasteiger partial charge in [-0.1, -0.05) is 27.7 Å². The standard InChI is InChI=1S/C19H35N3O2/c1-14(2)18(23)8-10-20-12-17(6)22(7)13-16(5)21-11-9-19(24)15(3)4/h10-11,14-17H,8-9,12-13H2,1-7H3. The largest absolute Gasteiger partial charge is 0.300 e. The van der Waals surface area contributed by atoms with Crippen LogP contribution in [-0.2, 0) is 9.59 Å². The first-order valence-corrected chi connectivity index (χ1v) is 8.90. The average Bonchev–Trinajstić information content (AvgIpc) is 2.50. The lowest BCUT2D eigenvalue weighted by atomic mass is 10.1. The number of rotatable bonds is 12. The molecule has 0 saturated heterocycles. The fourth-order valence-corrected chi connectivity index (χ4v) is 1.96. The van der Waals surface area contributed by atoms with Gasteiger partial charge in [-0.3, -0.25) is 24.5 Å². The van der Waals surface area contributed by atoms with Crippen molar-refractivity contribution in [3.8, 4) is 0 Å². The Balaban J connectivity index is 4.14. The zero-order chi connectivity index (χ0) is 18.7. The van der Waals surface area contributed by atoms with Crippen molar-refractivity contribution in [2.75, 3.05) is 20.1 Å². The van der Waals surface area contributed by atoms with Gasteiger partial charge in [0.05, 0.1) is 12.6 Å². The summed E-state index contributed by atoms with van der Waals surface area (Å²) in [6.45, 7) is 13.3. The van der Waals surface area contributed by atoms with E-state index in [-0.39, 0.29) is 35.5 Å². The summed E-state index contributed by atoms with van der Waals surface area (Å²) in [6.07, 6.45) is 4.29. The van der Waals surface area contributed by atoms with Crippen LogP contribution in [0.15, 0.2) is 9.98 Å². The lowest BCUT2D eigenvalue weighted by molar-refractivity contribution is -0.121. The molecular weight excluding hydrogens is 302 g/mol. The minimum Gasteiger partial charge on any atom is -0.300 e. The van der Waals surface area contributed by atoms with Crippen molar-refractivity contribution in [2.45, 2.75) is 66.5 Å². The summed E-state index contributed by atoms with van der Waals surface area (Å²) in [5.41, 5.74) is 0. The molecule has 0 aliphatic rings. The quantitative estimate of drug-likeness (QED) is 0.514. The minimum absolute atomic E-state index is 0.0647. The molecule has 0 aliphatic heterocycles. The maximum absolute atomic E-state index is 11.5. The Morgan fingerprint density at radius 3 is 1.92 bits per heavy atom. The lowest BCUT2D eigenvalue weighted by Gasteiger charge is -2.25. The van der Waals surface area contributed by atoms with E-state index in [0.717, 1.165) is 6.54 Å². The number of likely N-dealkylation sites (N-methyl/N-ethyl adjacent to an activating group) is 1. The Labute approximate surface area is 147 Å². The highest BCUT2D eigenvalue weighted by molar-refractivity contribution is 5.92. The van der Waals surface area contributed by atoms with Gasteiger partial charge >= 0.3 is 0 Å². The summed E-state index contributed by atoms with van der Waals surface area (Å²) >= 11 is 0. The number of hydrogen-bond acceptors (Lipinski definition) is 5. The number of Topliss-reactive ketones (excluding diaryl/α,β-unsaturated/α-hetero) is 2. The van der Waals surface area contributed by atoms with Crippen LogP contribution in [0.5, 0.6) is 0 Å². The molecule has 0 rings (SSSR count). The van der Waals surface area contributed by atoms with E-state index in [1.54, 1.807) is 12.4 Å². The first-order valence-electron chi connectivity index (χ1n) is 8.90. The molecule has 5 nitrogen and oxygen atoms in total. The third-order valence-electron chi connectivity index (χ3n) is 4.04. The smallest absolute Gasteiger partial charge is 0.140 e. The van der Waals surface area contributed by atoms with E-state index in [2.05, 4.69) is 21.8 Å². The van der Waals surface area contributed by atoms with E-state index in [1.165, 1.54) is 0 Å². The number of aliphatic imine (C=N–C) groups is 2. The molecule has 0 aromatic rings. The molecule has 0 aromatic heterocycles. The van der Waals surface area contributed by atoms with Crippen molar-refractivity contribution in [1.82, 2.24) is 4.90 Å². The molecule has 5 heteroatoms. The number of ketones is 2. The van der Waals surface area contributed by atoms with Gasteiger partial charge < -0.3 is 0 Å². The minimum atomic E-state index is 0.0647. The van der Waals surface area contributed by atoms with Gasteiger partial charge in [0.15, 0.2) is 0 Å². The summed E-state index contributed by atoms with van der Waals surface area (Å²) in [5, 5.41) is 0. The highest BCUT2D eigenvalue weighted by Crippen LogP contribution is 2.02. The molecule has 0 heterocycles. The summed E-state index contributed by atoms with van der Waals surface area (Å²) in [6, 6.07) is 0.425. The summed E-state index contributed by atoms with van der Waals surface area (Å²) < 4.78 is 0. The molecule has 0 spiro atoms. The van der Waals surface area contributed by atoms with Crippen LogP contribution in [0, 0.1) is 11.8 Å². The van der Waals surface area contributed by atoms with E-state index >= 15 is 0 Å². The van der Waals surface area contributed by atoms with Crippen LogP contribution >= 0.6 is 0 Å². The van der Waals surface area contributed by atoms with Crippen molar-refractivity contribution in [1.29, 1.82) is 0 Å². The summed E-state index contributed by atoms with van der Waals surface area (Å²) in [4.78, 5) is 34.1. The maximum Gasteiger partial charge on any atom is 0.140 e. The molecule has 0 aromatic carbocycles. The number of hydrogen-bond donors (Lipinski definition) is 0. The van der Waals surface area contributed by atoms with E-state index in [4.69, 9.17) is 0 Å². The predicted molar refractivity (Wildman–Crippen MR) is 102 cm³/mol. The molecule has 2 atom stereocenters. The highest BCUT2D eigenvalue weighted by atomic mass is 16.1. The molecular formula is C19H35N3O2. The molecule has 2 unspecified atom stereocenters. The highest BCUT2D eigenvalue weighted by Gasteiger charge is 2.12. The van der Waals surface area contributed by atoms with Gasteiger partial charge in [0.25, 0.3) is 0 Å². The third kappa shape index (κ3) is 10.4. The molecule has 0 radical (unpaired) electrons. The fourth-order valence-electron chi connectivity index (χ4n) is 1.96. The van der Waals surface area contributed by atoms with Crippen LogP contribution in [0.1, 0.15) is 54.4 Å². The molecule has 0 bridgehead atoms. The average molecular weight is 338 g/mol. The van der Waals surface area contributed by atoms with Crippen molar-refractivity contribution in [3.63, 3.8) is 0 Å². The van der Waals surface area contributed by atoms with E-state index in [0.29, 0.717) is 19.4 Å². The van der Waals surface area contributed by atoms with Crippen LogP contribution in [0.3, 0.4) is 0 Å². The summed E-state index contributed by atoms with van der Waals surface area (Å²) in [7, 11) is 2.05. The Bertz CT molecular complexity index is 442. The molecule has 0 N–H and O–H groups in total. The molecule has 24 heavy (non-hydrogen) atoms. The SMILES string of the molecule is CC(CN(C)C(C)CN=CCC(=O)C(C)C)N=CCC(=O)C(C)C. The van der Waals surface area contributed by atoms with Gasteiger partial charge in [0.2, 0.25) is 0 Å². The summed E-state index contributed by atoms with van der Waals surface area (Å²) in [5.74, 6) is 0.573. The zero-order valence-electron chi connectivity index (χ0n) is 16.5. The van der Waals surface area contributed by atoms with Crippen LogP contribution in [0.25, 0.3) is 0 Å². The Morgan fingerprint density at radius 2 is 1.42 bits per heavy atom. The van der Waals surface area contributed by atoms with Gasteiger partial charge in [0.1, 0.15) is 11.6 Å². The van der Waals surface area contributed by atoms with E-state index in [1.807, 2.05) is 41.7 Å². The second-order valence-electron chi connectivity index (χ2n) is 7.17.